The van der Waals surface area contributed by atoms with Gasteiger partial charge in [0.2, 0.25) is 21.9 Å². The molecule has 3 aliphatic rings. The fourth-order valence-electron chi connectivity index (χ4n) is 3.70. The smallest absolute Gasteiger partial charge is 0.543 e. The minimum absolute atomic E-state index is 0. The number of guanidine groups is 1. The van der Waals surface area contributed by atoms with Gasteiger partial charge in [-0.25, -0.2) is 8.42 Å². The topological polar surface area (TPSA) is 151 Å². The third-order valence-electron chi connectivity index (χ3n) is 4.83. The van der Waals surface area contributed by atoms with Gasteiger partial charge in [-0.05, 0) is 6.92 Å². The number of rotatable bonds is 5. The van der Waals surface area contributed by atoms with Crippen LogP contribution in [-0.4, -0.2) is 73.0 Å². The second-order valence-electron chi connectivity index (χ2n) is 6.94. The minimum Gasteiger partial charge on any atom is -0.543 e. The SMILES string of the molecule is C[C@@H](O)[C@H]1C(=O)N2C(C(=O)[O-])=C(SC3CN=C(NS(C)(=O)=O)NC3)[C@H](C)[C@H]12.[Na+]. The molecule has 0 radical (unpaired) electrons. The van der Waals surface area contributed by atoms with Gasteiger partial charge in [0.1, 0.15) is 0 Å². The van der Waals surface area contributed by atoms with Crippen molar-refractivity contribution in [2.24, 2.45) is 16.8 Å². The number of aliphatic carboxylic acids is 1. The summed E-state index contributed by atoms with van der Waals surface area (Å²) in [5.74, 6) is -2.55. The Morgan fingerprint density at radius 2 is 2.14 bits per heavy atom. The number of aliphatic hydroxyl groups excluding tert-OH is 1. The maximum atomic E-state index is 12.3. The van der Waals surface area contributed by atoms with Gasteiger partial charge in [-0.1, -0.05) is 6.92 Å². The molecule has 13 heteroatoms. The Hall–Kier alpha value is -0.790. The van der Waals surface area contributed by atoms with Crippen LogP contribution < -0.4 is 44.7 Å². The molecule has 1 unspecified atom stereocenters. The molecule has 3 aliphatic heterocycles. The van der Waals surface area contributed by atoms with Gasteiger partial charge in [0.15, 0.2) is 0 Å². The van der Waals surface area contributed by atoms with E-state index in [4.69, 9.17) is 0 Å². The third kappa shape index (κ3) is 4.36. The molecule has 3 N–H and O–H groups in total. The molecule has 0 spiro atoms. The minimum atomic E-state index is -3.43. The summed E-state index contributed by atoms with van der Waals surface area (Å²) in [4.78, 5) is 29.8. The van der Waals surface area contributed by atoms with Gasteiger partial charge in [0.25, 0.3) is 0 Å². The number of carboxylic acids is 1. The van der Waals surface area contributed by atoms with Gasteiger partial charge in [-0.3, -0.25) is 14.5 Å². The molecule has 1 saturated heterocycles. The maximum Gasteiger partial charge on any atom is 1.00 e. The number of carbonyl (C=O) groups is 2. The second kappa shape index (κ2) is 8.52. The fraction of sp³-hybridized carbons (Fsp3) is 0.667. The zero-order valence-corrected chi connectivity index (χ0v) is 19.6. The molecule has 0 aromatic heterocycles. The number of fused-ring (bicyclic) bond motifs is 1. The number of aliphatic hydroxyl groups is 1. The van der Waals surface area contributed by atoms with E-state index in [-0.39, 0.29) is 58.9 Å². The number of hydrogen-bond donors (Lipinski definition) is 3. The number of aliphatic imine (C=N–C) groups is 1. The van der Waals surface area contributed by atoms with Crippen molar-refractivity contribution >= 4 is 39.6 Å². The summed E-state index contributed by atoms with van der Waals surface area (Å²) in [7, 11) is -3.43. The molecule has 28 heavy (non-hydrogen) atoms. The molecule has 1 amide bonds. The van der Waals surface area contributed by atoms with Crippen molar-refractivity contribution in [3.63, 3.8) is 0 Å². The number of sulfonamides is 1. The molecule has 3 rings (SSSR count). The van der Waals surface area contributed by atoms with E-state index in [0.717, 1.165) is 6.26 Å². The first-order chi connectivity index (χ1) is 12.5. The van der Waals surface area contributed by atoms with Crippen LogP contribution in [0, 0.1) is 11.8 Å². The zero-order valence-electron chi connectivity index (χ0n) is 16.0. The van der Waals surface area contributed by atoms with Crippen molar-refractivity contribution in [2.45, 2.75) is 31.2 Å². The summed E-state index contributed by atoms with van der Waals surface area (Å²) in [6, 6.07) is -0.393. The maximum absolute atomic E-state index is 12.3. The van der Waals surface area contributed by atoms with E-state index < -0.39 is 40.0 Å². The first kappa shape index (κ1) is 23.5. The summed E-state index contributed by atoms with van der Waals surface area (Å²) < 4.78 is 24.7. The Kier molecular flexibility index (Phi) is 7.15. The van der Waals surface area contributed by atoms with E-state index in [1.165, 1.54) is 23.6 Å². The van der Waals surface area contributed by atoms with Gasteiger partial charge in [0.05, 0.1) is 42.5 Å². The number of nitrogens with zero attached hydrogens (tertiary/aromatic N) is 2. The van der Waals surface area contributed by atoms with E-state index in [0.29, 0.717) is 11.4 Å². The summed E-state index contributed by atoms with van der Waals surface area (Å²) in [5.41, 5.74) is -0.136. The molecule has 10 nitrogen and oxygen atoms in total. The number of hydrogen-bond acceptors (Lipinski definition) is 9. The average Bonchev–Trinajstić information content (AvgIpc) is 2.77. The van der Waals surface area contributed by atoms with Crippen LogP contribution in [-0.2, 0) is 19.6 Å². The van der Waals surface area contributed by atoms with Crippen LogP contribution in [0.2, 0.25) is 0 Å². The molecule has 0 aliphatic carbocycles. The predicted molar refractivity (Wildman–Crippen MR) is 96.7 cm³/mol. The Morgan fingerprint density at radius 3 is 2.61 bits per heavy atom. The molecule has 0 saturated carbocycles. The average molecular weight is 440 g/mol. The number of carbonyl (C=O) groups excluding carboxylic acids is 2. The molecule has 3 heterocycles. The molecule has 5 atom stereocenters. The van der Waals surface area contributed by atoms with Gasteiger partial charge < -0.3 is 25.2 Å². The molecule has 150 valence electrons. The molecule has 1 fully saturated rings. The summed E-state index contributed by atoms with van der Waals surface area (Å²) >= 11 is 1.29. The summed E-state index contributed by atoms with van der Waals surface area (Å²) in [5, 5.41) is 24.2. The van der Waals surface area contributed by atoms with Gasteiger partial charge in [-0.15, -0.1) is 11.8 Å². The Morgan fingerprint density at radius 1 is 1.50 bits per heavy atom. The Bertz CT molecular complexity index is 843. The number of carboxylic acid groups (broad SMARTS) is 1. The van der Waals surface area contributed by atoms with E-state index in [2.05, 4.69) is 15.0 Å². The number of nitrogens with one attached hydrogen (secondary N) is 2. The van der Waals surface area contributed by atoms with Crippen LogP contribution in [0.5, 0.6) is 0 Å². The van der Waals surface area contributed by atoms with E-state index in [1.54, 1.807) is 0 Å². The van der Waals surface area contributed by atoms with Crippen molar-refractivity contribution < 1.29 is 57.8 Å². The van der Waals surface area contributed by atoms with Crippen molar-refractivity contribution in [2.75, 3.05) is 19.3 Å². The van der Waals surface area contributed by atoms with Crippen molar-refractivity contribution in [3.8, 4) is 0 Å². The number of thioether (sulfide) groups is 1. The van der Waals surface area contributed by atoms with E-state index in [9.17, 15) is 28.2 Å². The van der Waals surface area contributed by atoms with Gasteiger partial charge in [-0.2, -0.15) is 0 Å². The molecule has 0 bridgehead atoms. The van der Waals surface area contributed by atoms with E-state index in [1.807, 2.05) is 6.92 Å². The first-order valence-corrected chi connectivity index (χ1v) is 11.2. The zero-order chi connectivity index (χ0) is 20.1. The van der Waals surface area contributed by atoms with Crippen LogP contribution in [0.1, 0.15) is 13.8 Å². The van der Waals surface area contributed by atoms with Crippen LogP contribution >= 0.6 is 11.8 Å². The van der Waals surface area contributed by atoms with Crippen LogP contribution in [0.25, 0.3) is 0 Å². The van der Waals surface area contributed by atoms with Crippen molar-refractivity contribution in [1.29, 1.82) is 0 Å². The monoisotopic (exact) mass is 440 g/mol. The van der Waals surface area contributed by atoms with Gasteiger partial charge >= 0.3 is 29.6 Å². The van der Waals surface area contributed by atoms with Crippen LogP contribution in [0.15, 0.2) is 15.6 Å². The van der Waals surface area contributed by atoms with Crippen LogP contribution in [0.3, 0.4) is 0 Å². The Labute approximate surface area is 189 Å². The van der Waals surface area contributed by atoms with Gasteiger partial charge in [0, 0.05) is 22.6 Å². The first-order valence-electron chi connectivity index (χ1n) is 8.40. The predicted octanol–water partition coefficient (Wildman–Crippen LogP) is -5.58. The molecule has 0 aromatic carbocycles. The third-order valence-corrected chi connectivity index (χ3v) is 6.86. The molecular formula is C15H21N4NaO6S2. The number of amides is 1. The standard InChI is InChI=1S/C15H22N4O6S2.Na/c1-6-10-9(7(2)20)13(21)19(10)11(14(22)23)12(6)26-8-4-16-15(17-5-8)18-27(3,24)25;/h6-10,20H,4-5H2,1-3H3,(H,22,23)(H2,16,17,18);/q;+1/p-1/t6-,7-,9-,10-;/m1./s1. The quantitative estimate of drug-likeness (QED) is 0.283. The molecule has 0 aromatic rings. The summed E-state index contributed by atoms with van der Waals surface area (Å²) in [6.07, 6.45) is 0.161. The molecular weight excluding hydrogens is 419 g/mol. The van der Waals surface area contributed by atoms with Crippen molar-refractivity contribution in [3.05, 3.63) is 10.6 Å². The number of β-lactam (4-membered cyclic amide) rings is 1. The Balaban J connectivity index is 0.00000280. The fourth-order valence-corrected chi connectivity index (χ4v) is 5.51. The van der Waals surface area contributed by atoms with Crippen LogP contribution in [0.4, 0.5) is 0 Å². The van der Waals surface area contributed by atoms with Crippen molar-refractivity contribution in [1.82, 2.24) is 14.9 Å². The normalized spacial score (nSPS) is 30.5. The van der Waals surface area contributed by atoms with E-state index >= 15 is 0 Å². The largest absolute Gasteiger partial charge is 1.00 e. The summed E-state index contributed by atoms with van der Waals surface area (Å²) in [6.45, 7) is 4.01. The second-order valence-corrected chi connectivity index (χ2v) is 10.0.